The van der Waals surface area contributed by atoms with E-state index in [9.17, 15) is 0 Å². The molecule has 0 spiro atoms. The van der Waals surface area contributed by atoms with E-state index in [1.165, 1.54) is 5.56 Å². The monoisotopic (exact) mass is 254 g/mol. The Bertz CT molecular complexity index is 578. The van der Waals surface area contributed by atoms with Crippen molar-refractivity contribution in [2.75, 3.05) is 0 Å². The summed E-state index contributed by atoms with van der Waals surface area (Å²) in [6, 6.07) is 12.5. The van der Waals surface area contributed by atoms with Crippen LogP contribution in [0.2, 0.25) is 0 Å². The van der Waals surface area contributed by atoms with Gasteiger partial charge in [0.25, 0.3) is 0 Å². The molecule has 1 aliphatic rings. The first kappa shape index (κ1) is 11.2. The predicted molar refractivity (Wildman–Crippen MR) is 76.8 cm³/mol. The van der Waals surface area contributed by atoms with Crippen LogP contribution in [0, 0.1) is 0 Å². The molecule has 0 saturated heterocycles. The van der Waals surface area contributed by atoms with E-state index in [-0.39, 0.29) is 10.9 Å². The van der Waals surface area contributed by atoms with Crippen molar-refractivity contribution < 1.29 is 0 Å². The van der Waals surface area contributed by atoms with E-state index < -0.39 is 0 Å². The smallest absolute Gasteiger partial charge is 0.116 e. The van der Waals surface area contributed by atoms with Crippen LogP contribution in [0.25, 0.3) is 0 Å². The highest BCUT2D eigenvalue weighted by Gasteiger charge is 2.06. The minimum Gasteiger partial charge on any atom is -0.241 e. The molecule has 2 nitrogen and oxygen atoms in total. The zero-order valence-corrected chi connectivity index (χ0v) is 10.8. The number of thiol groups is 1. The average Bonchev–Trinajstić information content (AvgIpc) is 2.94. The van der Waals surface area contributed by atoms with E-state index in [2.05, 4.69) is 63.3 Å². The van der Waals surface area contributed by atoms with Crippen molar-refractivity contribution in [3.8, 4) is 0 Å². The van der Waals surface area contributed by atoms with Gasteiger partial charge in [-0.2, -0.15) is 10.9 Å². The Kier molecular flexibility index (Phi) is 3.24. The van der Waals surface area contributed by atoms with Crippen molar-refractivity contribution in [3.63, 3.8) is 0 Å². The number of hydrogen-bond acceptors (Lipinski definition) is 2. The van der Waals surface area contributed by atoms with Gasteiger partial charge in [-0.25, -0.2) is 9.97 Å². The van der Waals surface area contributed by atoms with E-state index in [0.29, 0.717) is 0 Å². The summed E-state index contributed by atoms with van der Waals surface area (Å²) >= 11 is 0. The summed E-state index contributed by atoms with van der Waals surface area (Å²) < 4.78 is 0. The fourth-order valence-electron chi connectivity index (χ4n) is 1.92. The van der Waals surface area contributed by atoms with Gasteiger partial charge in [-0.1, -0.05) is 42.5 Å². The number of hydrogen-bond donors (Lipinski definition) is 1. The Hall–Kier alpha value is -1.87. The van der Waals surface area contributed by atoms with Gasteiger partial charge in [-0.05, 0) is 22.4 Å². The molecule has 0 N–H and O–H groups in total. The Labute approximate surface area is 109 Å². The van der Waals surface area contributed by atoms with Crippen LogP contribution in [-0.4, -0.2) is 9.97 Å². The highest BCUT2D eigenvalue weighted by molar-refractivity contribution is 8.22. The van der Waals surface area contributed by atoms with Crippen LogP contribution >= 0.6 is 10.9 Å². The minimum absolute atomic E-state index is 0.343. The molecule has 1 aromatic carbocycles. The molecular formula is C15H14N2S. The zero-order valence-electron chi connectivity index (χ0n) is 9.90. The summed E-state index contributed by atoms with van der Waals surface area (Å²) in [4.78, 5) is 8.74. The van der Waals surface area contributed by atoms with Crippen molar-refractivity contribution in [2.45, 2.75) is 11.4 Å². The van der Waals surface area contributed by atoms with Gasteiger partial charge in [-0.3, -0.25) is 0 Å². The zero-order chi connectivity index (χ0) is 12.2. The van der Waals surface area contributed by atoms with E-state index in [1.807, 2.05) is 6.07 Å². The van der Waals surface area contributed by atoms with Crippen molar-refractivity contribution in [3.05, 3.63) is 77.0 Å². The number of nitrogens with zero attached hydrogens (tertiary/aromatic N) is 2. The molecule has 3 rings (SSSR count). The van der Waals surface area contributed by atoms with Gasteiger partial charge < -0.3 is 0 Å². The van der Waals surface area contributed by atoms with Crippen molar-refractivity contribution >= 4 is 10.9 Å². The molecule has 90 valence electrons. The maximum Gasteiger partial charge on any atom is 0.116 e. The van der Waals surface area contributed by atoms with Crippen LogP contribution in [0.15, 0.2) is 70.7 Å². The predicted octanol–water partition coefficient (Wildman–Crippen LogP) is 3.47. The largest absolute Gasteiger partial charge is 0.241 e. The topological polar surface area (TPSA) is 25.8 Å². The SMILES string of the molecule is C1=C[SH](c2cc(Cc3ccccc3)ncn2)C=C1. The van der Waals surface area contributed by atoms with Crippen molar-refractivity contribution in [1.82, 2.24) is 9.97 Å². The second-order valence-electron chi connectivity index (χ2n) is 4.12. The van der Waals surface area contributed by atoms with E-state index >= 15 is 0 Å². The van der Waals surface area contributed by atoms with Crippen LogP contribution in [0.4, 0.5) is 0 Å². The first-order valence-corrected chi connectivity index (χ1v) is 7.38. The lowest BCUT2D eigenvalue weighted by molar-refractivity contribution is 0.964. The van der Waals surface area contributed by atoms with Crippen LogP contribution in [0.5, 0.6) is 0 Å². The summed E-state index contributed by atoms with van der Waals surface area (Å²) in [6.07, 6.45) is 6.72. The first-order valence-electron chi connectivity index (χ1n) is 5.90. The van der Waals surface area contributed by atoms with Crippen LogP contribution in [0.1, 0.15) is 11.3 Å². The van der Waals surface area contributed by atoms with Crippen LogP contribution in [-0.2, 0) is 6.42 Å². The summed E-state index contributed by atoms with van der Waals surface area (Å²) in [7, 11) is -0.343. The van der Waals surface area contributed by atoms with Gasteiger partial charge in [0.05, 0.1) is 5.03 Å². The molecule has 0 unspecified atom stereocenters. The fraction of sp³-hybridized carbons (Fsp3) is 0.0667. The number of allylic oxidation sites excluding steroid dienone is 2. The molecule has 0 aliphatic carbocycles. The molecule has 2 heterocycles. The lowest BCUT2D eigenvalue weighted by Gasteiger charge is -2.10. The summed E-state index contributed by atoms with van der Waals surface area (Å²) in [5, 5.41) is 5.56. The van der Waals surface area contributed by atoms with Crippen molar-refractivity contribution in [1.29, 1.82) is 0 Å². The fourth-order valence-corrected chi connectivity index (χ4v) is 3.37. The maximum absolute atomic E-state index is 4.38. The van der Waals surface area contributed by atoms with Crippen LogP contribution < -0.4 is 0 Å². The van der Waals surface area contributed by atoms with E-state index in [0.717, 1.165) is 17.1 Å². The molecular weight excluding hydrogens is 240 g/mol. The summed E-state index contributed by atoms with van der Waals surface area (Å²) in [5.41, 5.74) is 2.37. The highest BCUT2D eigenvalue weighted by Crippen LogP contribution is 2.40. The molecule has 3 heteroatoms. The molecule has 0 saturated carbocycles. The maximum atomic E-state index is 4.38. The molecule has 0 radical (unpaired) electrons. The molecule has 0 fully saturated rings. The highest BCUT2D eigenvalue weighted by atomic mass is 32.2. The number of benzene rings is 1. The summed E-state index contributed by atoms with van der Waals surface area (Å²) in [5.74, 6) is 0. The third kappa shape index (κ3) is 2.51. The third-order valence-electron chi connectivity index (χ3n) is 2.81. The molecule has 0 amide bonds. The Balaban J connectivity index is 1.83. The Morgan fingerprint density at radius 3 is 2.50 bits per heavy atom. The quantitative estimate of drug-likeness (QED) is 0.670. The van der Waals surface area contributed by atoms with Gasteiger partial charge in [0.1, 0.15) is 6.33 Å². The van der Waals surface area contributed by atoms with E-state index in [1.54, 1.807) is 6.33 Å². The average molecular weight is 254 g/mol. The first-order chi connectivity index (χ1) is 8.92. The van der Waals surface area contributed by atoms with Gasteiger partial charge >= 0.3 is 0 Å². The lowest BCUT2D eigenvalue weighted by Crippen LogP contribution is -1.94. The molecule has 1 aromatic heterocycles. The molecule has 18 heavy (non-hydrogen) atoms. The van der Waals surface area contributed by atoms with Crippen molar-refractivity contribution in [2.24, 2.45) is 0 Å². The molecule has 2 aromatic rings. The molecule has 0 atom stereocenters. The Morgan fingerprint density at radius 1 is 0.944 bits per heavy atom. The Morgan fingerprint density at radius 2 is 1.72 bits per heavy atom. The number of aromatic nitrogens is 2. The van der Waals surface area contributed by atoms with Gasteiger partial charge in [-0.15, -0.1) is 0 Å². The standard InChI is InChI=1S/C15H14N2S/c1-2-6-13(7-3-1)10-14-11-15(17-12-16-14)18-8-4-5-9-18/h1-9,11-12,18H,10H2. The second-order valence-corrected chi connectivity index (χ2v) is 5.99. The third-order valence-corrected chi connectivity index (χ3v) is 4.57. The van der Waals surface area contributed by atoms with Crippen LogP contribution in [0.3, 0.4) is 0 Å². The normalized spacial score (nSPS) is 15.2. The van der Waals surface area contributed by atoms with Gasteiger partial charge in [0.2, 0.25) is 0 Å². The molecule has 0 bridgehead atoms. The van der Waals surface area contributed by atoms with E-state index in [4.69, 9.17) is 0 Å². The van der Waals surface area contributed by atoms with Gasteiger partial charge in [0, 0.05) is 12.1 Å². The lowest BCUT2D eigenvalue weighted by atomic mass is 10.1. The summed E-state index contributed by atoms with van der Waals surface area (Å²) in [6.45, 7) is 0. The van der Waals surface area contributed by atoms with Gasteiger partial charge in [0.15, 0.2) is 0 Å². The minimum atomic E-state index is -0.343. The molecule has 1 aliphatic heterocycles. The number of rotatable bonds is 3. The second kappa shape index (κ2) is 5.19.